The minimum absolute atomic E-state index is 0.637. The second kappa shape index (κ2) is 6.82. The third-order valence-electron chi connectivity index (χ3n) is 3.35. The monoisotopic (exact) mass is 328 g/mol. The van der Waals surface area contributed by atoms with Gasteiger partial charge in [-0.3, -0.25) is 0 Å². The first-order chi connectivity index (χ1) is 10.7. The molecule has 3 aromatic rings. The number of allylic oxidation sites excluding steroid dienone is 1. The Balaban J connectivity index is 2.02. The van der Waals surface area contributed by atoms with Crippen LogP contribution < -0.4 is 0 Å². The van der Waals surface area contributed by atoms with Gasteiger partial charge in [-0.05, 0) is 34.9 Å². The molecule has 0 saturated heterocycles. The molecule has 0 spiro atoms. The van der Waals surface area contributed by atoms with Gasteiger partial charge >= 0.3 is 0 Å². The van der Waals surface area contributed by atoms with Gasteiger partial charge in [0.15, 0.2) is 0 Å². The van der Waals surface area contributed by atoms with Crippen molar-refractivity contribution in [2.24, 2.45) is 0 Å². The van der Waals surface area contributed by atoms with E-state index in [-0.39, 0.29) is 0 Å². The molecule has 0 radical (unpaired) electrons. The maximum atomic E-state index is 6.29. The molecule has 0 amide bonds. The molecule has 0 unspecified atom stereocenters. The van der Waals surface area contributed by atoms with E-state index < -0.39 is 0 Å². The van der Waals surface area contributed by atoms with Crippen LogP contribution in [-0.2, 0) is 6.54 Å². The summed E-state index contributed by atoms with van der Waals surface area (Å²) < 4.78 is 2.03. The first kappa shape index (κ1) is 14.9. The smallest absolute Gasteiger partial charge is 0.0949 e. The number of halogens is 2. The van der Waals surface area contributed by atoms with Crippen molar-refractivity contribution in [1.82, 2.24) is 9.55 Å². The summed E-state index contributed by atoms with van der Waals surface area (Å²) in [5, 5.41) is 1.28. The van der Waals surface area contributed by atoms with Crippen molar-refractivity contribution in [3.05, 3.63) is 88.4 Å². The second-order valence-electron chi connectivity index (χ2n) is 4.94. The van der Waals surface area contributed by atoms with Crippen LogP contribution in [0.5, 0.6) is 0 Å². The average molecular weight is 329 g/mol. The van der Waals surface area contributed by atoms with Crippen LogP contribution in [0.25, 0.3) is 11.6 Å². The molecule has 0 saturated carbocycles. The normalized spacial score (nSPS) is 11.6. The van der Waals surface area contributed by atoms with Gasteiger partial charge < -0.3 is 4.57 Å². The zero-order valence-corrected chi connectivity index (χ0v) is 13.3. The molecule has 1 heterocycles. The van der Waals surface area contributed by atoms with E-state index in [4.69, 9.17) is 23.2 Å². The molecule has 0 aliphatic heterocycles. The molecular formula is C18H14Cl2N2. The minimum Gasteiger partial charge on any atom is -0.333 e. The van der Waals surface area contributed by atoms with Gasteiger partial charge in [-0.25, -0.2) is 4.98 Å². The van der Waals surface area contributed by atoms with Crippen LogP contribution in [0.1, 0.15) is 11.1 Å². The van der Waals surface area contributed by atoms with E-state index in [1.54, 1.807) is 18.6 Å². The van der Waals surface area contributed by atoms with Gasteiger partial charge in [-0.2, -0.15) is 0 Å². The van der Waals surface area contributed by atoms with Crippen LogP contribution in [0.3, 0.4) is 0 Å². The fourth-order valence-corrected chi connectivity index (χ4v) is 2.72. The SMILES string of the molecule is Clc1ccc(/C=C(\Cn2ccnc2)c2ccccc2)c(Cl)c1. The summed E-state index contributed by atoms with van der Waals surface area (Å²) >= 11 is 12.3. The molecule has 0 atom stereocenters. The number of imidazole rings is 1. The highest BCUT2D eigenvalue weighted by molar-refractivity contribution is 6.35. The Hall–Kier alpha value is -2.03. The fraction of sp³-hybridized carbons (Fsp3) is 0.0556. The van der Waals surface area contributed by atoms with Crippen molar-refractivity contribution in [2.45, 2.75) is 6.54 Å². The first-order valence-electron chi connectivity index (χ1n) is 6.89. The molecule has 4 heteroatoms. The third kappa shape index (κ3) is 3.59. The van der Waals surface area contributed by atoms with Crippen LogP contribution in [0.15, 0.2) is 67.3 Å². The van der Waals surface area contributed by atoms with Crippen LogP contribution in [-0.4, -0.2) is 9.55 Å². The van der Waals surface area contributed by atoms with Crippen molar-refractivity contribution < 1.29 is 0 Å². The maximum Gasteiger partial charge on any atom is 0.0949 e. The summed E-state index contributed by atoms with van der Waals surface area (Å²) in [6.45, 7) is 0.725. The summed E-state index contributed by atoms with van der Waals surface area (Å²) in [5.74, 6) is 0. The Morgan fingerprint density at radius 3 is 2.59 bits per heavy atom. The molecular weight excluding hydrogens is 315 g/mol. The van der Waals surface area contributed by atoms with E-state index in [0.29, 0.717) is 10.0 Å². The molecule has 0 fully saturated rings. The van der Waals surface area contributed by atoms with Crippen molar-refractivity contribution in [2.75, 3.05) is 0 Å². The number of nitrogens with zero attached hydrogens (tertiary/aromatic N) is 2. The lowest BCUT2D eigenvalue weighted by Crippen LogP contribution is -1.98. The van der Waals surface area contributed by atoms with Gasteiger partial charge in [0.2, 0.25) is 0 Å². The van der Waals surface area contributed by atoms with Crippen LogP contribution in [0.2, 0.25) is 10.0 Å². The van der Waals surface area contributed by atoms with Gasteiger partial charge in [0.05, 0.1) is 6.33 Å². The number of benzene rings is 2. The summed E-state index contributed by atoms with van der Waals surface area (Å²) in [5.41, 5.74) is 3.26. The van der Waals surface area contributed by atoms with E-state index in [0.717, 1.165) is 23.2 Å². The Morgan fingerprint density at radius 1 is 1.09 bits per heavy atom. The van der Waals surface area contributed by atoms with Gasteiger partial charge in [0.1, 0.15) is 0 Å². The number of hydrogen-bond acceptors (Lipinski definition) is 1. The molecule has 2 nitrogen and oxygen atoms in total. The molecule has 0 bridgehead atoms. The lowest BCUT2D eigenvalue weighted by atomic mass is 10.0. The Kier molecular flexibility index (Phi) is 4.62. The second-order valence-corrected chi connectivity index (χ2v) is 5.78. The predicted molar refractivity (Wildman–Crippen MR) is 93.0 cm³/mol. The summed E-state index contributed by atoms with van der Waals surface area (Å²) in [6.07, 6.45) is 7.62. The average Bonchev–Trinajstić information content (AvgIpc) is 3.03. The molecule has 110 valence electrons. The van der Waals surface area contributed by atoms with E-state index in [9.17, 15) is 0 Å². The van der Waals surface area contributed by atoms with E-state index >= 15 is 0 Å². The fourth-order valence-electron chi connectivity index (χ4n) is 2.26. The van der Waals surface area contributed by atoms with Gasteiger partial charge in [-0.1, -0.05) is 59.6 Å². The van der Waals surface area contributed by atoms with E-state index in [1.807, 2.05) is 41.1 Å². The quantitative estimate of drug-likeness (QED) is 0.584. The predicted octanol–water partition coefficient (Wildman–Crippen LogP) is 5.43. The molecule has 1 aromatic heterocycles. The van der Waals surface area contributed by atoms with Gasteiger partial charge in [-0.15, -0.1) is 0 Å². The summed E-state index contributed by atoms with van der Waals surface area (Å²) in [4.78, 5) is 4.10. The van der Waals surface area contributed by atoms with Crippen molar-refractivity contribution in [3.8, 4) is 0 Å². The number of rotatable bonds is 4. The van der Waals surface area contributed by atoms with E-state index in [2.05, 4.69) is 23.2 Å². The van der Waals surface area contributed by atoms with Crippen LogP contribution >= 0.6 is 23.2 Å². The lowest BCUT2D eigenvalue weighted by molar-refractivity contribution is 0.836. The Labute approximate surface area is 139 Å². The topological polar surface area (TPSA) is 17.8 Å². The van der Waals surface area contributed by atoms with Crippen molar-refractivity contribution in [3.63, 3.8) is 0 Å². The highest BCUT2D eigenvalue weighted by Gasteiger charge is 2.05. The molecule has 22 heavy (non-hydrogen) atoms. The molecule has 0 aliphatic carbocycles. The lowest BCUT2D eigenvalue weighted by Gasteiger charge is -2.10. The van der Waals surface area contributed by atoms with Gasteiger partial charge in [0.25, 0.3) is 0 Å². The highest BCUT2D eigenvalue weighted by Crippen LogP contribution is 2.26. The largest absolute Gasteiger partial charge is 0.333 e. The van der Waals surface area contributed by atoms with Crippen molar-refractivity contribution >= 4 is 34.9 Å². The standard InChI is InChI=1S/C18H14Cl2N2/c19-17-7-6-15(18(20)11-17)10-16(12-22-9-8-21-13-22)14-4-2-1-3-5-14/h1-11,13H,12H2/b16-10+. The highest BCUT2D eigenvalue weighted by atomic mass is 35.5. The minimum atomic E-state index is 0.637. The third-order valence-corrected chi connectivity index (χ3v) is 3.91. The van der Waals surface area contributed by atoms with E-state index in [1.165, 1.54) is 0 Å². The van der Waals surface area contributed by atoms with Gasteiger partial charge in [0, 0.05) is 29.0 Å². The molecule has 0 aliphatic rings. The first-order valence-corrected chi connectivity index (χ1v) is 7.65. The molecule has 3 rings (SSSR count). The Morgan fingerprint density at radius 2 is 1.91 bits per heavy atom. The van der Waals surface area contributed by atoms with Crippen LogP contribution in [0, 0.1) is 0 Å². The molecule has 0 N–H and O–H groups in total. The zero-order chi connectivity index (χ0) is 15.4. The molecule has 2 aromatic carbocycles. The van der Waals surface area contributed by atoms with Crippen molar-refractivity contribution in [1.29, 1.82) is 0 Å². The Bertz CT molecular complexity index is 778. The summed E-state index contributed by atoms with van der Waals surface area (Å²) in [7, 11) is 0. The van der Waals surface area contributed by atoms with Crippen LogP contribution in [0.4, 0.5) is 0 Å². The summed E-state index contributed by atoms with van der Waals surface area (Å²) in [6, 6.07) is 15.8. The maximum absolute atomic E-state index is 6.29. The zero-order valence-electron chi connectivity index (χ0n) is 11.8. The number of hydrogen-bond donors (Lipinski definition) is 0. The number of aromatic nitrogens is 2.